The lowest BCUT2D eigenvalue weighted by Gasteiger charge is -2.31. The van der Waals surface area contributed by atoms with Crippen LogP contribution in [0.15, 0.2) is 12.3 Å². The molecule has 2 saturated heterocycles. The number of nitrogen functional groups attached to an aromatic ring is 1. The third-order valence-corrected chi connectivity index (χ3v) is 5.85. The quantitative estimate of drug-likeness (QED) is 0.849. The van der Waals surface area contributed by atoms with Gasteiger partial charge >= 0.3 is 0 Å². The van der Waals surface area contributed by atoms with Gasteiger partial charge in [0.2, 0.25) is 0 Å². The van der Waals surface area contributed by atoms with Crippen LogP contribution in [-0.2, 0) is 22.3 Å². The molecule has 0 radical (unpaired) electrons. The van der Waals surface area contributed by atoms with Gasteiger partial charge in [-0.1, -0.05) is 6.92 Å². The van der Waals surface area contributed by atoms with Crippen LogP contribution in [0.4, 0.5) is 17.5 Å². The largest absolute Gasteiger partial charge is 0.384 e. The van der Waals surface area contributed by atoms with Gasteiger partial charge in [-0.2, -0.15) is 0 Å². The molecule has 5 rings (SSSR count). The van der Waals surface area contributed by atoms with Crippen molar-refractivity contribution in [3.8, 4) is 11.4 Å². The second-order valence-corrected chi connectivity index (χ2v) is 7.52. The normalized spacial score (nSPS) is 21.5. The third-order valence-electron chi connectivity index (χ3n) is 5.85. The molecule has 8 heteroatoms. The zero-order chi connectivity index (χ0) is 19.1. The van der Waals surface area contributed by atoms with E-state index >= 15 is 0 Å². The van der Waals surface area contributed by atoms with Gasteiger partial charge in [-0.15, -0.1) is 0 Å². The van der Waals surface area contributed by atoms with Crippen LogP contribution in [0.3, 0.4) is 0 Å². The van der Waals surface area contributed by atoms with Crippen molar-refractivity contribution in [2.24, 2.45) is 0 Å². The minimum Gasteiger partial charge on any atom is -0.384 e. The molecular weight excluding hydrogens is 356 g/mol. The van der Waals surface area contributed by atoms with Crippen molar-refractivity contribution < 1.29 is 9.47 Å². The second-order valence-electron chi connectivity index (χ2n) is 7.52. The Hall–Kier alpha value is -2.45. The fraction of sp³-hybridized carbons (Fsp3) is 0.550. The van der Waals surface area contributed by atoms with Crippen molar-refractivity contribution in [2.75, 3.05) is 61.6 Å². The van der Waals surface area contributed by atoms with Gasteiger partial charge in [-0.25, -0.2) is 15.0 Å². The number of fused-ring (bicyclic) bond motifs is 3. The summed E-state index contributed by atoms with van der Waals surface area (Å²) in [5.74, 6) is 3.36. The molecule has 3 aliphatic heterocycles. The Kier molecular flexibility index (Phi) is 4.52. The maximum absolute atomic E-state index is 5.91. The van der Waals surface area contributed by atoms with Crippen LogP contribution in [-0.4, -0.2) is 67.1 Å². The van der Waals surface area contributed by atoms with Gasteiger partial charge < -0.3 is 25.0 Å². The fourth-order valence-electron chi connectivity index (χ4n) is 4.39. The summed E-state index contributed by atoms with van der Waals surface area (Å²) in [6.45, 7) is 7.64. The standard InChI is InChI=1S/C20H26N6O2/c1-2-13-9-17(21)22-11-16(13)18-23-19(25-3-6-27-7-4-25)15-10-14-12-28-8-5-26(14)20(15)24-18/h9,11,14H,2-8,10,12H2,1H3,(H2,21,22)/t14-/m0/s1. The maximum Gasteiger partial charge on any atom is 0.165 e. The first-order valence-corrected chi connectivity index (χ1v) is 10.1. The molecule has 8 nitrogen and oxygen atoms in total. The first-order chi connectivity index (χ1) is 13.7. The van der Waals surface area contributed by atoms with E-state index in [-0.39, 0.29) is 0 Å². The van der Waals surface area contributed by atoms with E-state index in [1.54, 1.807) is 0 Å². The van der Waals surface area contributed by atoms with Crippen molar-refractivity contribution in [3.63, 3.8) is 0 Å². The van der Waals surface area contributed by atoms with Gasteiger partial charge in [0.15, 0.2) is 5.82 Å². The van der Waals surface area contributed by atoms with Crippen molar-refractivity contribution in [1.29, 1.82) is 0 Å². The zero-order valence-corrected chi connectivity index (χ0v) is 16.2. The lowest BCUT2D eigenvalue weighted by atomic mass is 10.1. The predicted octanol–water partition coefficient (Wildman–Crippen LogP) is 1.28. The summed E-state index contributed by atoms with van der Waals surface area (Å²) in [6.07, 6.45) is 3.60. The number of aromatic nitrogens is 3. The van der Waals surface area contributed by atoms with E-state index in [4.69, 9.17) is 25.2 Å². The number of hydrogen-bond acceptors (Lipinski definition) is 8. The SMILES string of the molecule is CCc1cc(N)ncc1-c1nc(N2CCOCC2)c2c(n1)N1CCOC[C@@H]1C2. The van der Waals surface area contributed by atoms with Crippen LogP contribution >= 0.6 is 0 Å². The molecule has 2 aromatic rings. The molecule has 0 saturated carbocycles. The minimum atomic E-state index is 0.350. The molecule has 0 amide bonds. The lowest BCUT2D eigenvalue weighted by Crippen LogP contribution is -2.43. The highest BCUT2D eigenvalue weighted by Crippen LogP contribution is 2.39. The van der Waals surface area contributed by atoms with Gasteiger partial charge in [-0.05, 0) is 18.1 Å². The molecule has 0 aliphatic carbocycles. The van der Waals surface area contributed by atoms with Gasteiger partial charge in [0.05, 0.1) is 32.5 Å². The van der Waals surface area contributed by atoms with Crippen LogP contribution in [0.5, 0.6) is 0 Å². The number of anilines is 3. The Bertz CT molecular complexity index is 883. The summed E-state index contributed by atoms with van der Waals surface area (Å²) in [7, 11) is 0. The van der Waals surface area contributed by atoms with Crippen molar-refractivity contribution in [3.05, 3.63) is 23.4 Å². The number of nitrogens with zero attached hydrogens (tertiary/aromatic N) is 5. The van der Waals surface area contributed by atoms with Gasteiger partial charge in [0.25, 0.3) is 0 Å². The Balaban J connectivity index is 1.65. The second kappa shape index (κ2) is 7.18. The van der Waals surface area contributed by atoms with Gasteiger partial charge in [0, 0.05) is 43.4 Å². The summed E-state index contributed by atoms with van der Waals surface area (Å²) in [4.78, 5) is 19.1. The maximum atomic E-state index is 5.91. The topological polar surface area (TPSA) is 89.6 Å². The molecular formula is C20H26N6O2. The van der Waals surface area contributed by atoms with E-state index in [1.807, 2.05) is 12.3 Å². The monoisotopic (exact) mass is 382 g/mol. The minimum absolute atomic E-state index is 0.350. The lowest BCUT2D eigenvalue weighted by molar-refractivity contribution is 0.0973. The van der Waals surface area contributed by atoms with Crippen LogP contribution in [0, 0.1) is 0 Å². The Labute approximate surface area is 164 Å². The molecule has 2 fully saturated rings. The number of morpholine rings is 2. The van der Waals surface area contributed by atoms with Gasteiger partial charge in [0.1, 0.15) is 17.5 Å². The smallest absolute Gasteiger partial charge is 0.165 e. The first kappa shape index (κ1) is 17.6. The molecule has 0 unspecified atom stereocenters. The van der Waals surface area contributed by atoms with E-state index < -0.39 is 0 Å². The molecule has 2 N–H and O–H groups in total. The van der Waals surface area contributed by atoms with E-state index in [0.717, 1.165) is 87.5 Å². The van der Waals surface area contributed by atoms with E-state index in [0.29, 0.717) is 11.9 Å². The molecule has 0 bridgehead atoms. The van der Waals surface area contributed by atoms with E-state index in [9.17, 15) is 0 Å². The molecule has 0 aromatic carbocycles. The Morgan fingerprint density at radius 3 is 2.71 bits per heavy atom. The summed E-state index contributed by atoms with van der Waals surface area (Å²) >= 11 is 0. The number of rotatable bonds is 3. The number of ether oxygens (including phenoxy) is 2. The average Bonchev–Trinajstić information content (AvgIpc) is 3.12. The highest BCUT2D eigenvalue weighted by molar-refractivity contribution is 5.72. The van der Waals surface area contributed by atoms with Crippen LogP contribution in [0.25, 0.3) is 11.4 Å². The number of aryl methyl sites for hydroxylation is 1. The van der Waals surface area contributed by atoms with Crippen LogP contribution in [0.2, 0.25) is 0 Å². The first-order valence-electron chi connectivity index (χ1n) is 10.1. The zero-order valence-electron chi connectivity index (χ0n) is 16.2. The van der Waals surface area contributed by atoms with Crippen LogP contribution < -0.4 is 15.5 Å². The molecule has 148 valence electrons. The highest BCUT2D eigenvalue weighted by Gasteiger charge is 2.37. The van der Waals surface area contributed by atoms with Crippen molar-refractivity contribution in [1.82, 2.24) is 15.0 Å². The van der Waals surface area contributed by atoms with Crippen molar-refractivity contribution in [2.45, 2.75) is 25.8 Å². The fourth-order valence-corrected chi connectivity index (χ4v) is 4.39. The summed E-state index contributed by atoms with van der Waals surface area (Å²) in [6, 6.07) is 2.28. The molecule has 1 atom stereocenters. The summed E-state index contributed by atoms with van der Waals surface area (Å²) in [5.41, 5.74) is 9.23. The molecule has 3 aliphatic rings. The van der Waals surface area contributed by atoms with Crippen molar-refractivity contribution >= 4 is 17.5 Å². The summed E-state index contributed by atoms with van der Waals surface area (Å²) < 4.78 is 11.3. The highest BCUT2D eigenvalue weighted by atomic mass is 16.5. The summed E-state index contributed by atoms with van der Waals surface area (Å²) in [5, 5.41) is 0. The Morgan fingerprint density at radius 2 is 1.89 bits per heavy atom. The molecule has 5 heterocycles. The number of hydrogen-bond donors (Lipinski definition) is 1. The van der Waals surface area contributed by atoms with Gasteiger partial charge in [-0.3, -0.25) is 0 Å². The predicted molar refractivity (Wildman–Crippen MR) is 108 cm³/mol. The Morgan fingerprint density at radius 1 is 1.11 bits per heavy atom. The third kappa shape index (κ3) is 2.97. The van der Waals surface area contributed by atoms with E-state index in [1.165, 1.54) is 5.56 Å². The van der Waals surface area contributed by atoms with Crippen LogP contribution in [0.1, 0.15) is 18.1 Å². The number of nitrogens with two attached hydrogens (primary N) is 1. The molecule has 28 heavy (non-hydrogen) atoms. The number of pyridine rings is 1. The average molecular weight is 382 g/mol. The van der Waals surface area contributed by atoms with E-state index in [2.05, 4.69) is 21.7 Å². The molecule has 0 spiro atoms. The molecule has 2 aromatic heterocycles.